The van der Waals surface area contributed by atoms with Crippen molar-refractivity contribution in [3.63, 3.8) is 0 Å². The number of nitrogens with one attached hydrogen (secondary N) is 1. The number of unbranched alkanes of at least 4 members (excludes halogenated alkanes) is 2. The highest BCUT2D eigenvalue weighted by atomic mass is 16.3. The van der Waals surface area contributed by atoms with E-state index in [1.807, 2.05) is 0 Å². The molecule has 0 aromatic rings. The normalized spacial score (nSPS) is 21.2. The molecule has 1 amide bonds. The van der Waals surface area contributed by atoms with Crippen molar-refractivity contribution in [3.8, 4) is 0 Å². The lowest BCUT2D eigenvalue weighted by Gasteiger charge is -2.14. The Morgan fingerprint density at radius 1 is 1.50 bits per heavy atom. The number of likely N-dealkylation sites (tertiary alicyclic amines) is 1. The van der Waals surface area contributed by atoms with Crippen molar-refractivity contribution < 1.29 is 9.90 Å². The van der Waals surface area contributed by atoms with Crippen molar-refractivity contribution >= 4 is 5.91 Å². The third kappa shape index (κ3) is 4.94. The van der Waals surface area contributed by atoms with Crippen molar-refractivity contribution in [3.05, 3.63) is 0 Å². The van der Waals surface area contributed by atoms with Crippen LogP contribution in [0.5, 0.6) is 0 Å². The van der Waals surface area contributed by atoms with Crippen LogP contribution in [0.25, 0.3) is 0 Å². The van der Waals surface area contributed by atoms with Gasteiger partial charge in [0.2, 0.25) is 5.91 Å². The maximum Gasteiger partial charge on any atom is 0.234 e. The molecule has 0 aromatic carbocycles. The van der Waals surface area contributed by atoms with Gasteiger partial charge < -0.3 is 10.4 Å². The molecule has 4 heteroatoms. The zero-order valence-electron chi connectivity index (χ0n) is 10.2. The minimum Gasteiger partial charge on any atom is -0.396 e. The first-order chi connectivity index (χ1) is 7.76. The molecule has 1 aliphatic heterocycles. The Morgan fingerprint density at radius 3 is 2.94 bits per heavy atom. The van der Waals surface area contributed by atoms with Crippen LogP contribution in [0.2, 0.25) is 0 Å². The van der Waals surface area contributed by atoms with Crippen LogP contribution >= 0.6 is 0 Å². The maximum absolute atomic E-state index is 11.5. The van der Waals surface area contributed by atoms with Crippen LogP contribution in [0.1, 0.15) is 32.6 Å². The topological polar surface area (TPSA) is 52.6 Å². The minimum atomic E-state index is 0.120. The van der Waals surface area contributed by atoms with E-state index >= 15 is 0 Å². The van der Waals surface area contributed by atoms with Gasteiger partial charge in [-0.25, -0.2) is 0 Å². The second kappa shape index (κ2) is 7.63. The minimum absolute atomic E-state index is 0.120. The largest absolute Gasteiger partial charge is 0.396 e. The molecule has 1 rings (SSSR count). The highest BCUT2D eigenvalue weighted by Gasteiger charge is 2.22. The zero-order valence-corrected chi connectivity index (χ0v) is 10.2. The van der Waals surface area contributed by atoms with Gasteiger partial charge in [0.25, 0.3) is 0 Å². The van der Waals surface area contributed by atoms with Crippen molar-refractivity contribution in [2.45, 2.75) is 32.6 Å². The summed E-state index contributed by atoms with van der Waals surface area (Å²) in [4.78, 5) is 13.7. The number of aliphatic hydroxyl groups excluding tert-OH is 1. The van der Waals surface area contributed by atoms with Crippen molar-refractivity contribution in [1.29, 1.82) is 0 Å². The van der Waals surface area contributed by atoms with Crippen LogP contribution in [-0.2, 0) is 4.79 Å². The lowest BCUT2D eigenvalue weighted by Crippen LogP contribution is -2.36. The zero-order chi connectivity index (χ0) is 11.8. The first kappa shape index (κ1) is 13.5. The van der Waals surface area contributed by atoms with Gasteiger partial charge in [-0.1, -0.05) is 19.8 Å². The van der Waals surface area contributed by atoms with Gasteiger partial charge in [-0.2, -0.15) is 0 Å². The van der Waals surface area contributed by atoms with Crippen LogP contribution < -0.4 is 5.32 Å². The highest BCUT2D eigenvalue weighted by Crippen LogP contribution is 2.14. The van der Waals surface area contributed by atoms with Crippen LogP contribution in [0.15, 0.2) is 0 Å². The summed E-state index contributed by atoms with van der Waals surface area (Å²) in [6.45, 7) is 5.48. The summed E-state index contributed by atoms with van der Waals surface area (Å²) >= 11 is 0. The number of hydrogen-bond donors (Lipinski definition) is 2. The molecule has 0 radical (unpaired) electrons. The summed E-state index contributed by atoms with van der Waals surface area (Å²) in [5, 5.41) is 11.9. The number of carbonyl (C=O) groups is 1. The van der Waals surface area contributed by atoms with E-state index in [1.165, 1.54) is 12.8 Å². The number of carbonyl (C=O) groups excluding carboxylic acids is 1. The molecule has 0 aromatic heterocycles. The fraction of sp³-hybridized carbons (Fsp3) is 0.917. The molecule has 2 N–H and O–H groups in total. The van der Waals surface area contributed by atoms with Crippen molar-refractivity contribution in [2.75, 3.05) is 32.8 Å². The highest BCUT2D eigenvalue weighted by molar-refractivity contribution is 5.77. The van der Waals surface area contributed by atoms with Crippen molar-refractivity contribution in [2.24, 2.45) is 5.92 Å². The molecule has 0 bridgehead atoms. The average molecular weight is 228 g/mol. The molecule has 94 valence electrons. The Bertz CT molecular complexity index is 209. The third-order valence-corrected chi connectivity index (χ3v) is 3.10. The molecule has 1 saturated heterocycles. The molecular formula is C12H24N2O2. The summed E-state index contributed by atoms with van der Waals surface area (Å²) < 4.78 is 0. The van der Waals surface area contributed by atoms with E-state index in [-0.39, 0.29) is 12.5 Å². The molecular weight excluding hydrogens is 204 g/mol. The van der Waals surface area contributed by atoms with E-state index in [0.29, 0.717) is 12.5 Å². The third-order valence-electron chi connectivity index (χ3n) is 3.10. The summed E-state index contributed by atoms with van der Waals surface area (Å²) in [6.07, 6.45) is 4.44. The van der Waals surface area contributed by atoms with E-state index in [1.54, 1.807) is 0 Å². The number of hydrogen-bond acceptors (Lipinski definition) is 3. The molecule has 4 nitrogen and oxygen atoms in total. The van der Waals surface area contributed by atoms with E-state index in [0.717, 1.165) is 32.5 Å². The first-order valence-electron chi connectivity index (χ1n) is 6.36. The summed E-state index contributed by atoms with van der Waals surface area (Å²) in [5.74, 6) is 0.489. The maximum atomic E-state index is 11.5. The molecule has 1 heterocycles. The lowest BCUT2D eigenvalue weighted by molar-refractivity contribution is -0.122. The molecule has 1 fully saturated rings. The van der Waals surface area contributed by atoms with Crippen molar-refractivity contribution in [1.82, 2.24) is 10.2 Å². The average Bonchev–Trinajstić information content (AvgIpc) is 2.72. The van der Waals surface area contributed by atoms with Gasteiger partial charge in [-0.3, -0.25) is 9.69 Å². The van der Waals surface area contributed by atoms with Gasteiger partial charge in [-0.15, -0.1) is 0 Å². The van der Waals surface area contributed by atoms with Crippen LogP contribution in [0.4, 0.5) is 0 Å². The molecule has 0 saturated carbocycles. The predicted molar refractivity (Wildman–Crippen MR) is 64.2 cm³/mol. The quantitative estimate of drug-likeness (QED) is 0.628. The second-order valence-electron chi connectivity index (χ2n) is 4.63. The number of aliphatic hydroxyl groups is 1. The second-order valence-corrected chi connectivity index (χ2v) is 4.63. The number of rotatable bonds is 7. The molecule has 1 atom stereocenters. The molecule has 1 unspecified atom stereocenters. The van der Waals surface area contributed by atoms with Gasteiger partial charge >= 0.3 is 0 Å². The molecule has 16 heavy (non-hydrogen) atoms. The molecule has 1 aliphatic rings. The molecule has 0 aliphatic carbocycles. The first-order valence-corrected chi connectivity index (χ1v) is 6.36. The van der Waals surface area contributed by atoms with E-state index in [2.05, 4.69) is 17.1 Å². The predicted octanol–water partition coefficient (Wildman–Crippen LogP) is 0.607. The Hall–Kier alpha value is -0.610. The van der Waals surface area contributed by atoms with Crippen LogP contribution in [0, 0.1) is 5.92 Å². The van der Waals surface area contributed by atoms with Gasteiger partial charge in [0.05, 0.1) is 6.54 Å². The molecule has 0 spiro atoms. The van der Waals surface area contributed by atoms with E-state index in [9.17, 15) is 4.79 Å². The summed E-state index contributed by atoms with van der Waals surface area (Å²) in [5.41, 5.74) is 0. The van der Waals surface area contributed by atoms with Gasteiger partial charge in [-0.05, 0) is 25.3 Å². The number of nitrogens with zero attached hydrogens (tertiary/aromatic N) is 1. The standard InChI is InChI=1S/C12H24N2O2/c1-2-3-4-6-13-12(16)9-14-7-5-11(8-14)10-15/h11,15H,2-10H2,1H3,(H,13,16). The SMILES string of the molecule is CCCCCNC(=O)CN1CCC(CO)C1. The fourth-order valence-corrected chi connectivity index (χ4v) is 2.07. The Balaban J connectivity index is 2.06. The Morgan fingerprint density at radius 2 is 2.31 bits per heavy atom. The van der Waals surface area contributed by atoms with Crippen LogP contribution in [0.3, 0.4) is 0 Å². The van der Waals surface area contributed by atoms with Gasteiger partial charge in [0, 0.05) is 19.7 Å². The lowest BCUT2D eigenvalue weighted by atomic mass is 10.1. The monoisotopic (exact) mass is 228 g/mol. The number of amides is 1. The van der Waals surface area contributed by atoms with Crippen LogP contribution in [-0.4, -0.2) is 48.7 Å². The summed E-state index contributed by atoms with van der Waals surface area (Å²) in [7, 11) is 0. The van der Waals surface area contributed by atoms with Gasteiger partial charge in [0.15, 0.2) is 0 Å². The van der Waals surface area contributed by atoms with E-state index in [4.69, 9.17) is 5.11 Å². The van der Waals surface area contributed by atoms with Gasteiger partial charge in [0.1, 0.15) is 0 Å². The summed E-state index contributed by atoms with van der Waals surface area (Å²) in [6, 6.07) is 0. The van der Waals surface area contributed by atoms with E-state index < -0.39 is 0 Å². The Labute approximate surface area is 98.0 Å². The Kier molecular flexibility index (Phi) is 6.42. The fourth-order valence-electron chi connectivity index (χ4n) is 2.07. The smallest absolute Gasteiger partial charge is 0.234 e.